The summed E-state index contributed by atoms with van der Waals surface area (Å²) in [5.74, 6) is 5.38. The van der Waals surface area contributed by atoms with Crippen molar-refractivity contribution in [2.24, 2.45) is 46.3 Å². The minimum Gasteiger partial charge on any atom is -0.386 e. The van der Waals surface area contributed by atoms with Crippen LogP contribution in [-0.2, 0) is 0 Å². The van der Waals surface area contributed by atoms with Crippen LogP contribution in [0.4, 0.5) is 0 Å². The van der Waals surface area contributed by atoms with Crippen molar-refractivity contribution in [1.29, 1.82) is 0 Å². The number of allylic oxidation sites excluding steroid dienone is 1. The molecule has 2 unspecified atom stereocenters. The molecule has 0 aliphatic heterocycles. The fourth-order valence-electron chi connectivity index (χ4n) is 8.70. The summed E-state index contributed by atoms with van der Waals surface area (Å²) < 4.78 is 0. The first-order chi connectivity index (χ1) is 13.6. The summed E-state index contributed by atoms with van der Waals surface area (Å²) in [4.78, 5) is 0. The molecule has 4 rings (SSSR count). The Kier molecular flexibility index (Phi) is 6.10. The van der Waals surface area contributed by atoms with E-state index in [1.807, 2.05) is 0 Å². The third-order valence-electron chi connectivity index (χ3n) is 10.4. The molecule has 0 aromatic carbocycles. The molecule has 1 nitrogen and oxygen atoms in total. The summed E-state index contributed by atoms with van der Waals surface area (Å²) in [6, 6.07) is 0. The highest BCUT2D eigenvalue weighted by Gasteiger charge is 2.59. The number of rotatable bonds is 5. The van der Waals surface area contributed by atoms with Crippen LogP contribution in [0, 0.1) is 46.3 Å². The molecule has 4 aliphatic rings. The van der Waals surface area contributed by atoms with Crippen LogP contribution in [0.2, 0.25) is 0 Å². The highest BCUT2D eigenvalue weighted by molar-refractivity contribution is 7.18. The molecule has 0 radical (unpaired) electrons. The SMILES string of the molecule is CC(C)CCC[C@@H](C)[C@H]1CC[C@H]2[C@@H]3CC=C4CC(O)(P)CC[C@]4(C)[C@H]3CC[C@]12C. The van der Waals surface area contributed by atoms with Crippen LogP contribution in [0.1, 0.15) is 105 Å². The summed E-state index contributed by atoms with van der Waals surface area (Å²) in [7, 11) is 2.74. The molecular weight excluding hydrogens is 371 g/mol. The van der Waals surface area contributed by atoms with E-state index in [9.17, 15) is 5.11 Å². The molecule has 166 valence electrons. The highest BCUT2D eigenvalue weighted by atomic mass is 31.0. The van der Waals surface area contributed by atoms with E-state index >= 15 is 0 Å². The maximum absolute atomic E-state index is 10.6. The third kappa shape index (κ3) is 3.91. The largest absolute Gasteiger partial charge is 0.386 e. The van der Waals surface area contributed by atoms with Crippen LogP contribution >= 0.6 is 9.24 Å². The molecule has 9 atom stereocenters. The average Bonchev–Trinajstić information content (AvgIpc) is 2.99. The fourth-order valence-corrected chi connectivity index (χ4v) is 9.06. The van der Waals surface area contributed by atoms with Gasteiger partial charge in [0.1, 0.15) is 0 Å². The lowest BCUT2D eigenvalue weighted by Crippen LogP contribution is -2.51. The predicted octanol–water partition coefficient (Wildman–Crippen LogP) is 7.59. The maximum Gasteiger partial charge on any atom is 0.0815 e. The topological polar surface area (TPSA) is 20.2 Å². The zero-order chi connectivity index (χ0) is 21.0. The zero-order valence-electron chi connectivity index (χ0n) is 19.8. The molecule has 0 spiro atoms. The Morgan fingerprint density at radius 3 is 2.52 bits per heavy atom. The van der Waals surface area contributed by atoms with Crippen LogP contribution in [0.25, 0.3) is 0 Å². The van der Waals surface area contributed by atoms with Gasteiger partial charge >= 0.3 is 0 Å². The predicted molar refractivity (Wildman–Crippen MR) is 128 cm³/mol. The highest BCUT2D eigenvalue weighted by Crippen LogP contribution is 2.68. The summed E-state index contributed by atoms with van der Waals surface area (Å²) in [6.07, 6.45) is 17.0. The van der Waals surface area contributed by atoms with Crippen LogP contribution < -0.4 is 0 Å². The van der Waals surface area contributed by atoms with E-state index in [-0.39, 0.29) is 0 Å². The van der Waals surface area contributed by atoms with Gasteiger partial charge in [0.2, 0.25) is 0 Å². The van der Waals surface area contributed by atoms with Crippen molar-refractivity contribution in [3.63, 3.8) is 0 Å². The van der Waals surface area contributed by atoms with E-state index in [2.05, 4.69) is 49.9 Å². The molecule has 0 bridgehead atoms. The van der Waals surface area contributed by atoms with E-state index in [4.69, 9.17) is 0 Å². The van der Waals surface area contributed by atoms with E-state index in [1.54, 1.807) is 5.57 Å². The van der Waals surface area contributed by atoms with E-state index in [0.717, 1.165) is 48.3 Å². The Bertz CT molecular complexity index is 636. The molecule has 0 aromatic heterocycles. The van der Waals surface area contributed by atoms with Gasteiger partial charge in [0.15, 0.2) is 0 Å². The molecular formula is C27H47OP. The Morgan fingerprint density at radius 2 is 1.79 bits per heavy atom. The van der Waals surface area contributed by atoms with Gasteiger partial charge in [-0.3, -0.25) is 0 Å². The lowest BCUT2D eigenvalue weighted by molar-refractivity contribution is -0.0604. The van der Waals surface area contributed by atoms with Crippen molar-refractivity contribution >= 4 is 9.24 Å². The Labute approximate surface area is 183 Å². The molecule has 0 amide bonds. The van der Waals surface area contributed by atoms with E-state index < -0.39 is 5.34 Å². The van der Waals surface area contributed by atoms with Crippen molar-refractivity contribution in [2.75, 3.05) is 0 Å². The Balaban J connectivity index is 1.50. The van der Waals surface area contributed by atoms with Crippen LogP contribution in [0.3, 0.4) is 0 Å². The van der Waals surface area contributed by atoms with Gasteiger partial charge in [-0.05, 0) is 91.3 Å². The Hall–Kier alpha value is 0.130. The summed E-state index contributed by atoms with van der Waals surface area (Å²) in [6.45, 7) is 12.6. The second-order valence-corrected chi connectivity index (χ2v) is 13.6. The summed E-state index contributed by atoms with van der Waals surface area (Å²) >= 11 is 0. The number of hydrogen-bond donors (Lipinski definition) is 1. The minimum absolute atomic E-state index is 0.355. The first-order valence-electron chi connectivity index (χ1n) is 12.8. The van der Waals surface area contributed by atoms with E-state index in [1.165, 1.54) is 57.8 Å². The molecule has 3 saturated carbocycles. The third-order valence-corrected chi connectivity index (χ3v) is 10.9. The molecule has 3 fully saturated rings. The van der Waals surface area contributed by atoms with E-state index in [0.29, 0.717) is 10.8 Å². The van der Waals surface area contributed by atoms with Gasteiger partial charge in [-0.1, -0.05) is 65.5 Å². The first-order valence-corrected chi connectivity index (χ1v) is 13.4. The van der Waals surface area contributed by atoms with Crippen molar-refractivity contribution in [2.45, 2.75) is 111 Å². The van der Waals surface area contributed by atoms with Gasteiger partial charge in [-0.15, -0.1) is 9.24 Å². The van der Waals surface area contributed by atoms with Gasteiger partial charge in [-0.2, -0.15) is 0 Å². The van der Waals surface area contributed by atoms with Gasteiger partial charge in [0.05, 0.1) is 5.34 Å². The van der Waals surface area contributed by atoms with Crippen molar-refractivity contribution in [3.05, 3.63) is 11.6 Å². The van der Waals surface area contributed by atoms with Crippen LogP contribution in [-0.4, -0.2) is 10.4 Å². The first kappa shape index (κ1) is 22.3. The fraction of sp³-hybridized carbons (Fsp3) is 0.926. The molecule has 29 heavy (non-hydrogen) atoms. The molecule has 0 heterocycles. The quantitative estimate of drug-likeness (QED) is 0.360. The second-order valence-electron chi connectivity index (χ2n) is 12.6. The normalized spacial score (nSPS) is 47.9. The lowest BCUT2D eigenvalue weighted by atomic mass is 9.47. The molecule has 2 heteroatoms. The average molecular weight is 419 g/mol. The monoisotopic (exact) mass is 418 g/mol. The maximum atomic E-state index is 10.6. The number of aliphatic hydroxyl groups is 1. The van der Waals surface area contributed by atoms with Crippen LogP contribution in [0.15, 0.2) is 11.6 Å². The number of hydrogen-bond acceptors (Lipinski definition) is 1. The molecule has 4 aliphatic carbocycles. The molecule has 0 saturated heterocycles. The molecule has 1 N–H and O–H groups in total. The minimum atomic E-state index is -0.550. The van der Waals surface area contributed by atoms with Gasteiger partial charge in [0, 0.05) is 6.42 Å². The lowest BCUT2D eigenvalue weighted by Gasteiger charge is -2.59. The second kappa shape index (κ2) is 7.92. The standard InChI is InChI=1S/C27H47OP/c1-18(2)7-6-8-19(3)22-11-12-23-21-10-9-20-17-27(28,29)16-15-25(20,4)24(21)13-14-26(22,23)5/h9,18-19,21-24,28H,6-8,10-17,29H2,1-5H3/t19-,21+,22-,23+,24+,25+,26-,27?/m1/s1. The number of fused-ring (bicyclic) bond motifs is 5. The molecule has 0 aromatic rings. The summed E-state index contributed by atoms with van der Waals surface area (Å²) in [5.41, 5.74) is 2.52. The smallest absolute Gasteiger partial charge is 0.0815 e. The van der Waals surface area contributed by atoms with Gasteiger partial charge in [0.25, 0.3) is 0 Å². The summed E-state index contributed by atoms with van der Waals surface area (Å²) in [5, 5.41) is 10.1. The van der Waals surface area contributed by atoms with Crippen molar-refractivity contribution < 1.29 is 5.11 Å². The van der Waals surface area contributed by atoms with Gasteiger partial charge < -0.3 is 5.11 Å². The van der Waals surface area contributed by atoms with Gasteiger partial charge in [-0.25, -0.2) is 0 Å². The Morgan fingerprint density at radius 1 is 1.03 bits per heavy atom. The van der Waals surface area contributed by atoms with Crippen molar-refractivity contribution in [1.82, 2.24) is 0 Å². The van der Waals surface area contributed by atoms with Crippen LogP contribution in [0.5, 0.6) is 0 Å². The zero-order valence-corrected chi connectivity index (χ0v) is 21.0. The van der Waals surface area contributed by atoms with Crippen molar-refractivity contribution in [3.8, 4) is 0 Å².